The lowest BCUT2D eigenvalue weighted by Crippen LogP contribution is -2.50. The van der Waals surface area contributed by atoms with Gasteiger partial charge in [-0.1, -0.05) is 30.3 Å². The first-order valence-electron chi connectivity index (χ1n) is 10.7. The van der Waals surface area contributed by atoms with Gasteiger partial charge in [-0.15, -0.1) is 0 Å². The first kappa shape index (κ1) is 22.1. The van der Waals surface area contributed by atoms with Gasteiger partial charge in [-0.05, 0) is 42.2 Å². The smallest absolute Gasteiger partial charge is 0.416 e. The van der Waals surface area contributed by atoms with Gasteiger partial charge in [0.05, 0.1) is 23.8 Å². The summed E-state index contributed by atoms with van der Waals surface area (Å²) in [6.07, 6.45) is -2.49. The molecule has 1 N–H and O–H groups in total. The molecular weight excluding hydrogens is 454 g/mol. The Balaban J connectivity index is 1.77. The molecule has 1 aromatic heterocycles. The van der Waals surface area contributed by atoms with Crippen LogP contribution < -0.4 is 5.43 Å². The number of hydrogen-bond donors (Lipinski definition) is 1. The monoisotopic (exact) mass is 473 g/mol. The van der Waals surface area contributed by atoms with Gasteiger partial charge < -0.3 is 10.0 Å². The Morgan fingerprint density at radius 1 is 1.06 bits per heavy atom. The van der Waals surface area contributed by atoms with Crippen LogP contribution in [0.15, 0.2) is 59.5 Å². The Bertz CT molecular complexity index is 1320. The molecule has 1 unspecified atom stereocenters. The maximum Gasteiger partial charge on any atom is 0.416 e. The van der Waals surface area contributed by atoms with Crippen LogP contribution in [0.4, 0.5) is 17.6 Å². The van der Waals surface area contributed by atoms with Crippen molar-refractivity contribution in [1.29, 1.82) is 0 Å². The highest BCUT2D eigenvalue weighted by Gasteiger charge is 2.48. The summed E-state index contributed by atoms with van der Waals surface area (Å²) >= 11 is 0. The molecule has 1 saturated heterocycles. The van der Waals surface area contributed by atoms with Gasteiger partial charge in [-0.3, -0.25) is 14.3 Å². The van der Waals surface area contributed by atoms with E-state index in [0.29, 0.717) is 30.5 Å². The predicted molar refractivity (Wildman–Crippen MR) is 113 cm³/mol. The number of aromatic nitrogens is 2. The van der Waals surface area contributed by atoms with E-state index >= 15 is 0 Å². The molecule has 176 valence electrons. The highest BCUT2D eigenvalue weighted by atomic mass is 19.4. The van der Waals surface area contributed by atoms with Crippen molar-refractivity contribution in [1.82, 2.24) is 14.7 Å². The maximum atomic E-state index is 13.7. The minimum absolute atomic E-state index is 0.290. The van der Waals surface area contributed by atoms with Crippen molar-refractivity contribution >= 4 is 5.91 Å². The van der Waals surface area contributed by atoms with Crippen molar-refractivity contribution in [3.63, 3.8) is 0 Å². The van der Waals surface area contributed by atoms with Crippen molar-refractivity contribution in [2.24, 2.45) is 0 Å². The second-order valence-corrected chi connectivity index (χ2v) is 8.50. The van der Waals surface area contributed by atoms with Crippen LogP contribution in [0.25, 0.3) is 0 Å². The van der Waals surface area contributed by atoms with E-state index in [4.69, 9.17) is 0 Å². The average Bonchev–Trinajstić information content (AvgIpc) is 3.29. The highest BCUT2D eigenvalue weighted by Crippen LogP contribution is 2.46. The van der Waals surface area contributed by atoms with Crippen LogP contribution in [0.2, 0.25) is 0 Å². The number of carbonyl (C=O) groups excluding carboxylic acids is 1. The Labute approximate surface area is 191 Å². The second-order valence-electron chi connectivity index (χ2n) is 8.50. The van der Waals surface area contributed by atoms with Crippen LogP contribution in [-0.2, 0) is 6.18 Å². The molecule has 2 aliphatic rings. The molecule has 1 amide bonds. The summed E-state index contributed by atoms with van der Waals surface area (Å²) in [5.41, 5.74) is -1.16. The fourth-order valence-electron chi connectivity index (χ4n) is 5.11. The van der Waals surface area contributed by atoms with E-state index in [-0.39, 0.29) is 5.69 Å². The van der Waals surface area contributed by atoms with E-state index in [9.17, 15) is 32.3 Å². The van der Waals surface area contributed by atoms with Gasteiger partial charge in [-0.2, -0.15) is 18.3 Å². The van der Waals surface area contributed by atoms with E-state index in [1.54, 1.807) is 6.07 Å². The molecule has 3 aromatic rings. The molecule has 0 saturated carbocycles. The van der Waals surface area contributed by atoms with Gasteiger partial charge in [0.25, 0.3) is 5.91 Å². The summed E-state index contributed by atoms with van der Waals surface area (Å²) in [7, 11) is 0. The van der Waals surface area contributed by atoms with E-state index in [0.717, 1.165) is 18.3 Å². The summed E-state index contributed by atoms with van der Waals surface area (Å²) in [5, 5.41) is 14.6. The third kappa shape index (κ3) is 3.53. The molecular formula is C24H19F4N3O3. The molecule has 1 fully saturated rings. The van der Waals surface area contributed by atoms with Gasteiger partial charge in [-0.25, -0.2) is 4.39 Å². The Morgan fingerprint density at radius 2 is 1.79 bits per heavy atom. The molecule has 6 nitrogen and oxygen atoms in total. The zero-order chi connectivity index (χ0) is 24.2. The molecule has 3 atom stereocenters. The largest absolute Gasteiger partial charge is 0.502 e. The highest BCUT2D eigenvalue weighted by molar-refractivity contribution is 5.96. The van der Waals surface area contributed by atoms with Crippen LogP contribution in [-0.4, -0.2) is 38.3 Å². The minimum Gasteiger partial charge on any atom is -0.502 e. The number of nitrogens with zero attached hydrogens (tertiary/aromatic N) is 3. The predicted octanol–water partition coefficient (Wildman–Crippen LogP) is 4.10. The Hall–Kier alpha value is -3.69. The summed E-state index contributed by atoms with van der Waals surface area (Å²) < 4.78 is 55.6. The van der Waals surface area contributed by atoms with Crippen LogP contribution in [0, 0.1) is 5.82 Å². The van der Waals surface area contributed by atoms with E-state index in [1.807, 2.05) is 0 Å². The van der Waals surface area contributed by atoms with Crippen molar-refractivity contribution in [2.45, 2.75) is 37.0 Å². The lowest BCUT2D eigenvalue weighted by Gasteiger charge is -2.42. The quantitative estimate of drug-likeness (QED) is 0.582. The second kappa shape index (κ2) is 7.96. The third-order valence-corrected chi connectivity index (χ3v) is 6.57. The normalized spacial score (nSPS) is 20.7. The Kier molecular flexibility index (Phi) is 5.18. The third-order valence-electron chi connectivity index (χ3n) is 6.57. The molecule has 5 rings (SSSR count). The Morgan fingerprint density at radius 3 is 2.50 bits per heavy atom. The topological polar surface area (TPSA) is 75.4 Å². The number of amides is 1. The number of fused-ring (bicyclic) bond motifs is 2. The van der Waals surface area contributed by atoms with Gasteiger partial charge in [0, 0.05) is 12.5 Å². The summed E-state index contributed by atoms with van der Waals surface area (Å²) in [5.74, 6) is -2.59. The average molecular weight is 473 g/mol. The van der Waals surface area contributed by atoms with Crippen molar-refractivity contribution < 1.29 is 27.5 Å². The van der Waals surface area contributed by atoms with Crippen LogP contribution >= 0.6 is 0 Å². The molecule has 0 bridgehead atoms. The molecule has 0 spiro atoms. The number of aromatic hydroxyl groups is 1. The number of benzene rings is 2. The zero-order valence-corrected chi connectivity index (χ0v) is 17.7. The first-order chi connectivity index (χ1) is 16.2. The first-order valence-corrected chi connectivity index (χ1v) is 10.7. The SMILES string of the molecule is O=C1c2c(O)c(=O)cnn2[C@@H](C(c2ccc(F)cc2)c2cccc(C(F)(F)F)c2)[C@H]2CCCN12. The maximum absolute atomic E-state index is 13.7. The molecule has 0 aliphatic carbocycles. The summed E-state index contributed by atoms with van der Waals surface area (Å²) in [6, 6.07) is 9.05. The lowest BCUT2D eigenvalue weighted by molar-refractivity contribution is -0.137. The molecule has 0 radical (unpaired) electrons. The van der Waals surface area contributed by atoms with Gasteiger partial charge in [0.15, 0.2) is 11.4 Å². The summed E-state index contributed by atoms with van der Waals surface area (Å²) in [6.45, 7) is 0.376. The van der Waals surface area contributed by atoms with E-state index in [1.165, 1.54) is 39.9 Å². The molecule has 2 aliphatic heterocycles. The van der Waals surface area contributed by atoms with Gasteiger partial charge >= 0.3 is 6.18 Å². The molecule has 3 heterocycles. The number of hydrogen-bond acceptors (Lipinski definition) is 4. The fraction of sp³-hybridized carbons (Fsp3) is 0.292. The van der Waals surface area contributed by atoms with Crippen molar-refractivity contribution in [3.8, 4) is 5.75 Å². The van der Waals surface area contributed by atoms with Crippen molar-refractivity contribution in [2.75, 3.05) is 6.54 Å². The van der Waals surface area contributed by atoms with Crippen molar-refractivity contribution in [3.05, 3.63) is 93.2 Å². The van der Waals surface area contributed by atoms with Gasteiger partial charge in [0.1, 0.15) is 5.82 Å². The number of alkyl halides is 3. The standard InChI is InChI=1S/C24H19F4N3O3/c25-16-8-6-13(7-9-16)19(14-3-1-4-15(11-14)24(26,27)28)20-17-5-2-10-30(17)23(34)21-22(33)18(32)12-29-31(20)21/h1,3-4,6-9,11-12,17,19-20,33H,2,5,10H2/t17-,19?,20-/m1/s1. The lowest BCUT2D eigenvalue weighted by atomic mass is 9.79. The number of halogens is 4. The fourth-order valence-corrected chi connectivity index (χ4v) is 5.11. The zero-order valence-electron chi connectivity index (χ0n) is 17.7. The molecule has 34 heavy (non-hydrogen) atoms. The number of carbonyl (C=O) groups is 1. The van der Waals surface area contributed by atoms with Crippen LogP contribution in [0.5, 0.6) is 5.75 Å². The van der Waals surface area contributed by atoms with Crippen LogP contribution in [0.1, 0.15) is 52.0 Å². The van der Waals surface area contributed by atoms with Crippen LogP contribution in [0.3, 0.4) is 0 Å². The van der Waals surface area contributed by atoms with E-state index in [2.05, 4.69) is 5.10 Å². The number of rotatable bonds is 3. The van der Waals surface area contributed by atoms with E-state index < -0.39 is 52.6 Å². The van der Waals surface area contributed by atoms with Gasteiger partial charge in [0.2, 0.25) is 5.43 Å². The minimum atomic E-state index is -4.58. The molecule has 2 aromatic carbocycles. The summed E-state index contributed by atoms with van der Waals surface area (Å²) in [4.78, 5) is 26.7. The molecule has 10 heteroatoms.